The first-order valence-corrected chi connectivity index (χ1v) is 5.79. The van der Waals surface area contributed by atoms with Crippen molar-refractivity contribution in [3.8, 4) is 0 Å². The highest BCUT2D eigenvalue weighted by molar-refractivity contribution is 6.26. The Morgan fingerprint density at radius 3 is 2.28 bits per heavy atom. The van der Waals surface area contributed by atoms with Gasteiger partial charge in [-0.15, -0.1) is 0 Å². The van der Waals surface area contributed by atoms with Crippen LogP contribution in [0.15, 0.2) is 18.2 Å². The predicted octanol–water partition coefficient (Wildman–Crippen LogP) is 1.55. The number of benzene rings is 1. The lowest BCUT2D eigenvalue weighted by Crippen LogP contribution is -2.37. The zero-order chi connectivity index (χ0) is 13.2. The fraction of sp³-hybridized carbons (Fsp3) is 0.385. The summed E-state index contributed by atoms with van der Waals surface area (Å²) >= 11 is 0. The Bertz CT molecular complexity index is 538. The maximum Gasteiger partial charge on any atom is 0.238 e. The first kappa shape index (κ1) is 11.2. The van der Waals surface area contributed by atoms with Crippen molar-refractivity contribution in [3.05, 3.63) is 24.0 Å². The molecule has 94 valence electrons. The lowest BCUT2D eigenvalue weighted by atomic mass is 10.0. The minimum Gasteiger partial charge on any atom is -0.397 e. The van der Waals surface area contributed by atoms with Crippen molar-refractivity contribution in [3.63, 3.8) is 0 Å². The Morgan fingerprint density at radius 1 is 1.22 bits per heavy atom. The fourth-order valence-corrected chi connectivity index (χ4v) is 2.93. The van der Waals surface area contributed by atoms with Crippen LogP contribution in [0.3, 0.4) is 0 Å². The van der Waals surface area contributed by atoms with Gasteiger partial charge in [0.25, 0.3) is 0 Å². The first-order valence-electron chi connectivity index (χ1n) is 5.79. The summed E-state index contributed by atoms with van der Waals surface area (Å²) in [5.74, 6) is -1.98. The summed E-state index contributed by atoms with van der Waals surface area (Å²) in [7, 11) is 0. The molecular formula is C13H13FN2O2. The Hall–Kier alpha value is -1.91. The summed E-state index contributed by atoms with van der Waals surface area (Å²) in [6, 6.07) is 4.12. The molecule has 2 atom stereocenters. The number of piperidine rings is 1. The molecule has 3 rings (SSSR count). The number of nitrogens with two attached hydrogens (primary N) is 1. The van der Waals surface area contributed by atoms with Gasteiger partial charge in [0.05, 0.1) is 17.5 Å². The van der Waals surface area contributed by atoms with E-state index in [2.05, 4.69) is 0 Å². The van der Waals surface area contributed by atoms with Crippen LogP contribution in [-0.2, 0) is 9.59 Å². The molecule has 1 aromatic carbocycles. The molecule has 5 heteroatoms. The number of carbonyl (C=O) groups is 2. The summed E-state index contributed by atoms with van der Waals surface area (Å²) in [6.45, 7) is 3.75. The summed E-state index contributed by atoms with van der Waals surface area (Å²) in [5.41, 5.74) is 5.37. The highest BCUT2D eigenvalue weighted by atomic mass is 19.1. The molecule has 0 bridgehead atoms. The van der Waals surface area contributed by atoms with E-state index in [0.717, 1.165) is 4.90 Å². The van der Waals surface area contributed by atoms with Crippen molar-refractivity contribution >= 4 is 23.2 Å². The minimum atomic E-state index is -0.643. The molecule has 1 aliphatic heterocycles. The topological polar surface area (TPSA) is 63.4 Å². The van der Waals surface area contributed by atoms with Crippen LogP contribution in [0, 0.1) is 23.1 Å². The van der Waals surface area contributed by atoms with Crippen molar-refractivity contribution in [2.45, 2.75) is 13.8 Å². The van der Waals surface area contributed by atoms with Gasteiger partial charge in [0.2, 0.25) is 11.8 Å². The van der Waals surface area contributed by atoms with E-state index in [1.807, 2.05) is 13.8 Å². The lowest BCUT2D eigenvalue weighted by Gasteiger charge is -2.22. The van der Waals surface area contributed by atoms with Crippen LogP contribution in [0.4, 0.5) is 15.8 Å². The number of hydrogen-bond donors (Lipinski definition) is 1. The van der Waals surface area contributed by atoms with Crippen LogP contribution in [0.25, 0.3) is 0 Å². The third kappa shape index (κ3) is 1.14. The molecule has 0 radical (unpaired) electrons. The van der Waals surface area contributed by atoms with Crippen molar-refractivity contribution in [2.75, 3.05) is 10.6 Å². The minimum absolute atomic E-state index is 0.101. The maximum absolute atomic E-state index is 13.8. The van der Waals surface area contributed by atoms with Gasteiger partial charge < -0.3 is 5.73 Å². The van der Waals surface area contributed by atoms with E-state index in [0.29, 0.717) is 0 Å². The van der Waals surface area contributed by atoms with Crippen LogP contribution < -0.4 is 10.6 Å². The fourth-order valence-electron chi connectivity index (χ4n) is 2.93. The van der Waals surface area contributed by atoms with Crippen LogP contribution in [0.1, 0.15) is 13.8 Å². The van der Waals surface area contributed by atoms with Gasteiger partial charge in [0.15, 0.2) is 0 Å². The van der Waals surface area contributed by atoms with Gasteiger partial charge >= 0.3 is 0 Å². The monoisotopic (exact) mass is 248 g/mol. The van der Waals surface area contributed by atoms with E-state index in [1.54, 1.807) is 0 Å². The third-order valence-corrected chi connectivity index (χ3v) is 4.04. The zero-order valence-corrected chi connectivity index (χ0v) is 10.1. The van der Waals surface area contributed by atoms with Gasteiger partial charge in [-0.3, -0.25) is 9.59 Å². The Morgan fingerprint density at radius 2 is 1.78 bits per heavy atom. The average Bonchev–Trinajstić information content (AvgIpc) is 2.74. The largest absolute Gasteiger partial charge is 0.397 e. The number of halogens is 1. The molecule has 2 fully saturated rings. The van der Waals surface area contributed by atoms with Gasteiger partial charge in [-0.05, 0) is 17.5 Å². The van der Waals surface area contributed by atoms with Crippen molar-refractivity contribution in [2.24, 2.45) is 17.3 Å². The number of carbonyl (C=O) groups excluding carboxylic acids is 2. The smallest absolute Gasteiger partial charge is 0.238 e. The average molecular weight is 248 g/mol. The zero-order valence-electron chi connectivity index (χ0n) is 10.1. The van der Waals surface area contributed by atoms with Gasteiger partial charge in [0.1, 0.15) is 11.5 Å². The molecule has 4 nitrogen and oxygen atoms in total. The Balaban J connectivity index is 2.07. The molecule has 0 aromatic heterocycles. The van der Waals surface area contributed by atoms with E-state index in [4.69, 9.17) is 5.73 Å². The number of hydrogen-bond acceptors (Lipinski definition) is 3. The first-order chi connectivity index (χ1) is 8.37. The highest BCUT2D eigenvalue weighted by Crippen LogP contribution is 2.64. The standard InChI is InChI=1S/C13H13FN2O2/c1-13(2)8-9(13)12(18)16(11(8)17)10-6(14)4-3-5-7(10)15/h3-5,8-9H,15H2,1-2H3. The molecule has 1 aromatic rings. The number of nitrogen functional groups attached to an aromatic ring is 1. The van der Waals surface area contributed by atoms with E-state index >= 15 is 0 Å². The number of imide groups is 1. The SMILES string of the molecule is CC1(C)C2C(=O)N(c3c(N)cccc3F)C(=O)C21. The molecule has 2 unspecified atom stereocenters. The summed E-state index contributed by atoms with van der Waals surface area (Å²) < 4.78 is 13.8. The van der Waals surface area contributed by atoms with E-state index in [1.165, 1.54) is 18.2 Å². The van der Waals surface area contributed by atoms with Gasteiger partial charge in [-0.2, -0.15) is 0 Å². The molecule has 2 amide bonds. The number of rotatable bonds is 1. The molecule has 1 saturated carbocycles. The second-order valence-electron chi connectivity index (χ2n) is 5.47. The van der Waals surface area contributed by atoms with Gasteiger partial charge in [-0.25, -0.2) is 9.29 Å². The Kier molecular flexibility index (Phi) is 1.93. The molecular weight excluding hydrogens is 235 g/mol. The van der Waals surface area contributed by atoms with E-state index < -0.39 is 5.82 Å². The third-order valence-electron chi connectivity index (χ3n) is 4.04. The van der Waals surface area contributed by atoms with Crippen LogP contribution >= 0.6 is 0 Å². The van der Waals surface area contributed by atoms with Crippen LogP contribution in [-0.4, -0.2) is 11.8 Å². The highest BCUT2D eigenvalue weighted by Gasteiger charge is 2.73. The van der Waals surface area contributed by atoms with Crippen LogP contribution in [0.2, 0.25) is 0 Å². The second-order valence-corrected chi connectivity index (χ2v) is 5.47. The number of amides is 2. The van der Waals surface area contributed by atoms with E-state index in [-0.39, 0.29) is 40.4 Å². The van der Waals surface area contributed by atoms with Crippen molar-refractivity contribution < 1.29 is 14.0 Å². The Labute approximate surface area is 104 Å². The molecule has 1 aliphatic carbocycles. The number of anilines is 2. The summed E-state index contributed by atoms with van der Waals surface area (Å²) in [6.07, 6.45) is 0. The molecule has 2 aliphatic rings. The van der Waals surface area contributed by atoms with Crippen molar-refractivity contribution in [1.82, 2.24) is 0 Å². The molecule has 1 heterocycles. The molecule has 2 N–H and O–H groups in total. The molecule has 0 spiro atoms. The van der Waals surface area contributed by atoms with Gasteiger partial charge in [0, 0.05) is 0 Å². The van der Waals surface area contributed by atoms with Crippen molar-refractivity contribution in [1.29, 1.82) is 0 Å². The maximum atomic E-state index is 13.8. The van der Waals surface area contributed by atoms with E-state index in [9.17, 15) is 14.0 Å². The number of para-hydroxylation sites is 1. The summed E-state index contributed by atoms with van der Waals surface area (Å²) in [5, 5.41) is 0. The molecule has 18 heavy (non-hydrogen) atoms. The number of fused-ring (bicyclic) bond motifs is 1. The van der Waals surface area contributed by atoms with Gasteiger partial charge in [-0.1, -0.05) is 19.9 Å². The number of nitrogens with zero attached hydrogens (tertiary/aromatic N) is 1. The quantitative estimate of drug-likeness (QED) is 0.606. The lowest BCUT2D eigenvalue weighted by molar-refractivity contribution is -0.125. The molecule has 1 saturated heterocycles. The second kappa shape index (κ2) is 3.10. The predicted molar refractivity (Wildman–Crippen MR) is 64.1 cm³/mol. The van der Waals surface area contributed by atoms with Crippen LogP contribution in [0.5, 0.6) is 0 Å². The summed E-state index contributed by atoms with van der Waals surface area (Å²) in [4.78, 5) is 25.2. The normalized spacial score (nSPS) is 28.5.